The predicted octanol–water partition coefficient (Wildman–Crippen LogP) is 4.52. The van der Waals surface area contributed by atoms with E-state index in [1.54, 1.807) is 37.3 Å². The molecule has 2 aromatic heterocycles. The molecule has 2 aromatic carbocycles. The normalized spacial score (nSPS) is 14.2. The summed E-state index contributed by atoms with van der Waals surface area (Å²) in [5.41, 5.74) is 3.91. The lowest BCUT2D eigenvalue weighted by molar-refractivity contribution is -0.142. The van der Waals surface area contributed by atoms with Gasteiger partial charge in [0, 0.05) is 28.3 Å². The second kappa shape index (κ2) is 8.48. The fourth-order valence-electron chi connectivity index (χ4n) is 4.93. The highest BCUT2D eigenvalue weighted by Gasteiger charge is 2.25. The van der Waals surface area contributed by atoms with Crippen LogP contribution in [0.4, 0.5) is 0 Å². The Labute approximate surface area is 195 Å². The Kier molecular flexibility index (Phi) is 5.48. The van der Waals surface area contributed by atoms with Crippen LogP contribution in [-0.2, 0) is 28.9 Å². The van der Waals surface area contributed by atoms with Gasteiger partial charge in [0.1, 0.15) is 16.9 Å². The number of rotatable bonds is 5. The number of benzene rings is 2. The second-order valence-corrected chi connectivity index (χ2v) is 8.89. The Morgan fingerprint density at radius 2 is 1.71 bits per heavy atom. The van der Waals surface area contributed by atoms with Crippen LogP contribution in [0.1, 0.15) is 52.5 Å². The molecule has 0 bridgehead atoms. The molecule has 5 rings (SSSR count). The van der Waals surface area contributed by atoms with Crippen LogP contribution in [-0.4, -0.2) is 17.0 Å². The van der Waals surface area contributed by atoms with Crippen molar-refractivity contribution >= 4 is 33.8 Å². The van der Waals surface area contributed by atoms with Gasteiger partial charge >= 0.3 is 11.6 Å². The van der Waals surface area contributed by atoms with Gasteiger partial charge in [0.25, 0.3) is 0 Å². The quantitative estimate of drug-likeness (QED) is 0.425. The average Bonchev–Trinajstić information content (AvgIpc) is 3.20. The Bertz CT molecular complexity index is 1500. The minimum Gasteiger partial charge on any atom is -0.479 e. The van der Waals surface area contributed by atoms with Gasteiger partial charge in [-0.05, 0) is 50.3 Å². The van der Waals surface area contributed by atoms with E-state index in [1.165, 1.54) is 5.56 Å². The molecule has 174 valence electrons. The summed E-state index contributed by atoms with van der Waals surface area (Å²) in [5, 5.41) is 13.9. The van der Waals surface area contributed by atoms with Crippen molar-refractivity contribution < 1.29 is 23.5 Å². The Balaban J connectivity index is 1.53. The molecule has 4 aromatic rings. The topological polar surface area (TPSA) is 110 Å². The minimum absolute atomic E-state index is 0.221. The number of aryl methyl sites for hydroxylation is 4. The summed E-state index contributed by atoms with van der Waals surface area (Å²) in [6.07, 6.45) is 3.79. The lowest BCUT2D eigenvalue weighted by atomic mass is 9.93. The zero-order valence-electron chi connectivity index (χ0n) is 19.1. The molecule has 1 unspecified atom stereocenters. The molecule has 1 amide bonds. The molecule has 0 saturated carbocycles. The van der Waals surface area contributed by atoms with Gasteiger partial charge in [-0.25, -0.2) is 9.59 Å². The van der Waals surface area contributed by atoms with Crippen LogP contribution in [0.2, 0.25) is 0 Å². The van der Waals surface area contributed by atoms with E-state index >= 15 is 0 Å². The molecule has 7 heteroatoms. The van der Waals surface area contributed by atoms with Crippen LogP contribution in [0.5, 0.6) is 0 Å². The Morgan fingerprint density at radius 1 is 1.00 bits per heavy atom. The Hall–Kier alpha value is -3.87. The number of hydrogen-bond donors (Lipinski definition) is 2. The maximum absolute atomic E-state index is 12.9. The van der Waals surface area contributed by atoms with Crippen molar-refractivity contribution in [1.82, 2.24) is 5.32 Å². The third-order valence-electron chi connectivity index (χ3n) is 6.75. The third kappa shape index (κ3) is 3.67. The Morgan fingerprint density at radius 3 is 2.44 bits per heavy atom. The molecule has 1 atom stereocenters. The van der Waals surface area contributed by atoms with Crippen molar-refractivity contribution in [1.29, 1.82) is 0 Å². The molecule has 0 radical (unpaired) electrons. The van der Waals surface area contributed by atoms with Crippen LogP contribution in [0.25, 0.3) is 21.9 Å². The van der Waals surface area contributed by atoms with Gasteiger partial charge in [-0.3, -0.25) is 4.79 Å². The van der Waals surface area contributed by atoms with Crippen molar-refractivity contribution in [2.75, 3.05) is 0 Å². The molecule has 0 fully saturated rings. The molecule has 0 spiro atoms. The molecule has 7 nitrogen and oxygen atoms in total. The molecule has 2 N–H and O–H groups in total. The monoisotopic (exact) mass is 459 g/mol. The first-order valence-corrected chi connectivity index (χ1v) is 11.4. The van der Waals surface area contributed by atoms with E-state index in [1.807, 2.05) is 13.0 Å². The van der Waals surface area contributed by atoms with Crippen LogP contribution >= 0.6 is 0 Å². The summed E-state index contributed by atoms with van der Waals surface area (Å²) >= 11 is 0. The van der Waals surface area contributed by atoms with Gasteiger partial charge < -0.3 is 19.3 Å². The zero-order valence-corrected chi connectivity index (χ0v) is 19.1. The number of hydrogen-bond acceptors (Lipinski definition) is 5. The molecule has 0 aliphatic heterocycles. The second-order valence-electron chi connectivity index (χ2n) is 8.89. The van der Waals surface area contributed by atoms with Gasteiger partial charge in [-0.15, -0.1) is 0 Å². The summed E-state index contributed by atoms with van der Waals surface area (Å²) in [5.74, 6) is -0.742. The van der Waals surface area contributed by atoms with Crippen molar-refractivity contribution in [2.45, 2.75) is 52.0 Å². The zero-order chi connectivity index (χ0) is 24.0. The summed E-state index contributed by atoms with van der Waals surface area (Å²) in [6, 6.07) is 9.23. The number of carboxylic acid groups (broad SMARTS) is 1. The maximum Gasteiger partial charge on any atom is 0.340 e. The van der Waals surface area contributed by atoms with E-state index in [-0.39, 0.29) is 12.0 Å². The lowest BCUT2D eigenvalue weighted by Crippen LogP contribution is -2.35. The van der Waals surface area contributed by atoms with E-state index in [0.717, 1.165) is 53.4 Å². The van der Waals surface area contributed by atoms with E-state index < -0.39 is 23.5 Å². The summed E-state index contributed by atoms with van der Waals surface area (Å²) < 4.78 is 11.8. The fourth-order valence-corrected chi connectivity index (χ4v) is 4.93. The molecule has 34 heavy (non-hydrogen) atoms. The number of nitrogens with one attached hydrogen (secondary N) is 1. The minimum atomic E-state index is -1.21. The van der Waals surface area contributed by atoms with Gasteiger partial charge in [-0.2, -0.15) is 0 Å². The number of carbonyl (C=O) groups excluding carboxylic acids is 1. The van der Waals surface area contributed by atoms with E-state index in [4.69, 9.17) is 8.83 Å². The van der Waals surface area contributed by atoms with Gasteiger partial charge in [0.2, 0.25) is 5.91 Å². The number of carboxylic acids is 1. The number of furan rings is 1. The predicted molar refractivity (Wildman–Crippen MR) is 127 cm³/mol. The highest BCUT2D eigenvalue weighted by molar-refractivity contribution is 6.00. The van der Waals surface area contributed by atoms with E-state index in [9.17, 15) is 19.5 Å². The lowest BCUT2D eigenvalue weighted by Gasteiger charge is -2.15. The highest BCUT2D eigenvalue weighted by atomic mass is 16.4. The molecule has 1 aliphatic rings. The molecule has 1 aliphatic carbocycles. The number of aliphatic carboxylic acids is 1. The SMILES string of the molecule is Cc1c(CC(=O)NC(C(=O)O)c2ccccc2)c(=O)oc2c(C)c3oc4c(c3cc12)CCCC4. The summed E-state index contributed by atoms with van der Waals surface area (Å²) in [7, 11) is 0. The van der Waals surface area contributed by atoms with Gasteiger partial charge in [0.05, 0.1) is 12.0 Å². The summed E-state index contributed by atoms with van der Waals surface area (Å²) in [6.45, 7) is 3.68. The first-order valence-electron chi connectivity index (χ1n) is 11.4. The van der Waals surface area contributed by atoms with Crippen molar-refractivity contribution in [3.8, 4) is 0 Å². The first-order chi connectivity index (χ1) is 16.3. The van der Waals surface area contributed by atoms with Crippen LogP contribution in [0, 0.1) is 13.8 Å². The summed E-state index contributed by atoms with van der Waals surface area (Å²) in [4.78, 5) is 37.4. The van der Waals surface area contributed by atoms with Crippen molar-refractivity contribution in [3.63, 3.8) is 0 Å². The molecule has 0 saturated heterocycles. The van der Waals surface area contributed by atoms with Gasteiger partial charge in [0.15, 0.2) is 6.04 Å². The van der Waals surface area contributed by atoms with Crippen LogP contribution < -0.4 is 10.9 Å². The smallest absolute Gasteiger partial charge is 0.340 e. The highest BCUT2D eigenvalue weighted by Crippen LogP contribution is 2.37. The van der Waals surface area contributed by atoms with Crippen LogP contribution in [0.3, 0.4) is 0 Å². The fraction of sp³-hybridized carbons (Fsp3) is 0.296. The molecule has 2 heterocycles. The number of fused-ring (bicyclic) bond motifs is 4. The average molecular weight is 459 g/mol. The standard InChI is InChI=1S/C27H25NO6/c1-14-18-12-20-17-10-6-7-11-21(17)33-25(20)15(2)24(18)34-27(32)19(14)13-22(29)28-23(26(30)31)16-8-4-3-5-9-16/h3-5,8-9,12,23H,6-7,10-11,13H2,1-2H3,(H,28,29)(H,30,31). The molecular formula is C27H25NO6. The van der Waals surface area contributed by atoms with Crippen molar-refractivity contribution in [3.05, 3.63) is 80.4 Å². The van der Waals surface area contributed by atoms with E-state index in [0.29, 0.717) is 16.7 Å². The van der Waals surface area contributed by atoms with E-state index in [2.05, 4.69) is 5.32 Å². The largest absolute Gasteiger partial charge is 0.479 e. The van der Waals surface area contributed by atoms with Gasteiger partial charge in [-0.1, -0.05) is 30.3 Å². The number of carbonyl (C=O) groups is 2. The molecular weight excluding hydrogens is 434 g/mol. The third-order valence-corrected chi connectivity index (χ3v) is 6.75. The first kappa shape index (κ1) is 21.9. The van der Waals surface area contributed by atoms with Crippen LogP contribution in [0.15, 0.2) is 50.0 Å². The number of amides is 1. The van der Waals surface area contributed by atoms with Crippen molar-refractivity contribution in [2.24, 2.45) is 0 Å². The maximum atomic E-state index is 12.9.